The molecular formula is C24H32N2O8. The highest BCUT2D eigenvalue weighted by molar-refractivity contribution is 5.88. The number of aromatic carboxylic acids is 2. The largest absolute Gasteiger partial charge is 0.481 e. The van der Waals surface area contributed by atoms with Gasteiger partial charge in [-0.3, -0.25) is 9.59 Å². The molecule has 0 aliphatic rings. The van der Waals surface area contributed by atoms with Crippen LogP contribution in [0.5, 0.6) is 0 Å². The van der Waals surface area contributed by atoms with Crippen LogP contribution in [0, 0.1) is 13.8 Å². The van der Waals surface area contributed by atoms with Crippen LogP contribution < -0.4 is 0 Å². The number of aryl methyl sites for hydroxylation is 2. The van der Waals surface area contributed by atoms with E-state index in [-0.39, 0.29) is 24.2 Å². The number of nitrogens with one attached hydrogen (secondary N) is 2. The predicted molar refractivity (Wildman–Crippen MR) is 123 cm³/mol. The molecule has 0 saturated carbocycles. The van der Waals surface area contributed by atoms with Gasteiger partial charge in [0.2, 0.25) is 0 Å². The van der Waals surface area contributed by atoms with Crippen molar-refractivity contribution in [3.8, 4) is 0 Å². The molecule has 0 unspecified atom stereocenters. The SMILES string of the molecule is Cc1c(C(=O)O)[nH]c(CCCCc2[nH]c(C(=O)O)c(C)c2CCCC(=O)O)c1CCCC(=O)O. The number of hydrogen-bond acceptors (Lipinski definition) is 4. The Hall–Kier alpha value is -3.56. The summed E-state index contributed by atoms with van der Waals surface area (Å²) in [5.41, 5.74) is 4.75. The van der Waals surface area contributed by atoms with E-state index in [1.165, 1.54) is 0 Å². The number of aromatic amines is 2. The molecule has 34 heavy (non-hydrogen) atoms. The highest BCUT2D eigenvalue weighted by Crippen LogP contribution is 2.25. The predicted octanol–water partition coefficient (Wildman–Crippen LogP) is 3.74. The Morgan fingerprint density at radius 1 is 0.588 bits per heavy atom. The van der Waals surface area contributed by atoms with Gasteiger partial charge in [-0.2, -0.15) is 0 Å². The van der Waals surface area contributed by atoms with E-state index in [2.05, 4.69) is 9.97 Å². The molecule has 0 saturated heterocycles. The first-order chi connectivity index (χ1) is 16.0. The van der Waals surface area contributed by atoms with Gasteiger partial charge in [0.05, 0.1) is 0 Å². The fourth-order valence-corrected chi connectivity index (χ4v) is 4.36. The van der Waals surface area contributed by atoms with Gasteiger partial charge in [-0.05, 0) is 87.5 Å². The lowest BCUT2D eigenvalue weighted by molar-refractivity contribution is -0.138. The van der Waals surface area contributed by atoms with Crippen molar-refractivity contribution in [3.05, 3.63) is 45.0 Å². The molecule has 0 fully saturated rings. The maximum absolute atomic E-state index is 11.5. The number of carboxylic acid groups (broad SMARTS) is 4. The van der Waals surface area contributed by atoms with E-state index in [9.17, 15) is 29.4 Å². The van der Waals surface area contributed by atoms with Gasteiger partial charge in [0.25, 0.3) is 0 Å². The van der Waals surface area contributed by atoms with Gasteiger partial charge in [0, 0.05) is 24.2 Å². The highest BCUT2D eigenvalue weighted by Gasteiger charge is 2.20. The topological polar surface area (TPSA) is 181 Å². The summed E-state index contributed by atoms with van der Waals surface area (Å²) in [6, 6.07) is 0. The minimum Gasteiger partial charge on any atom is -0.481 e. The zero-order chi connectivity index (χ0) is 25.4. The number of H-pyrrole nitrogens is 2. The fraction of sp³-hybridized carbons (Fsp3) is 0.500. The van der Waals surface area contributed by atoms with Gasteiger partial charge in [-0.1, -0.05) is 0 Å². The molecule has 6 N–H and O–H groups in total. The van der Waals surface area contributed by atoms with Gasteiger partial charge < -0.3 is 30.4 Å². The average Bonchev–Trinajstić information content (AvgIpc) is 3.22. The molecule has 0 aromatic carbocycles. The third kappa shape index (κ3) is 6.97. The van der Waals surface area contributed by atoms with Crippen LogP contribution in [0.3, 0.4) is 0 Å². The Morgan fingerprint density at radius 3 is 1.24 bits per heavy atom. The Kier molecular flexibility index (Phi) is 9.47. The molecule has 0 radical (unpaired) electrons. The van der Waals surface area contributed by atoms with E-state index in [0.29, 0.717) is 62.5 Å². The first kappa shape index (κ1) is 26.7. The first-order valence-electron chi connectivity index (χ1n) is 11.3. The molecule has 186 valence electrons. The van der Waals surface area contributed by atoms with E-state index in [1.54, 1.807) is 13.8 Å². The number of rotatable bonds is 15. The standard InChI is InChI=1S/C24H32N2O8/c1-13-15(7-5-11-19(27)28)17(25-21(13)23(31)32)9-3-4-10-18-16(8-6-12-20(29)30)14(2)22(26-18)24(33)34/h25-26H,3-12H2,1-2H3,(H,27,28)(H,29,30)(H,31,32)(H,33,34). The van der Waals surface area contributed by atoms with Crippen molar-refractivity contribution in [2.45, 2.75) is 78.1 Å². The van der Waals surface area contributed by atoms with E-state index in [0.717, 1.165) is 22.5 Å². The number of aromatic nitrogens is 2. The van der Waals surface area contributed by atoms with Crippen LogP contribution in [-0.2, 0) is 35.3 Å². The monoisotopic (exact) mass is 476 g/mol. The molecule has 2 rings (SSSR count). The van der Waals surface area contributed by atoms with Gasteiger partial charge in [0.1, 0.15) is 11.4 Å². The van der Waals surface area contributed by atoms with E-state index in [1.807, 2.05) is 0 Å². The lowest BCUT2D eigenvalue weighted by Crippen LogP contribution is -2.00. The van der Waals surface area contributed by atoms with Crippen molar-refractivity contribution in [1.29, 1.82) is 0 Å². The summed E-state index contributed by atoms with van der Waals surface area (Å²) in [4.78, 5) is 50.7. The number of carboxylic acids is 4. The Bertz CT molecular complexity index is 979. The number of hydrogen-bond donors (Lipinski definition) is 6. The molecule has 2 aromatic rings. The highest BCUT2D eigenvalue weighted by atomic mass is 16.4. The number of aliphatic carboxylic acids is 2. The number of unbranched alkanes of at least 4 members (excludes halogenated alkanes) is 1. The van der Waals surface area contributed by atoms with Crippen molar-refractivity contribution in [2.75, 3.05) is 0 Å². The first-order valence-corrected chi connectivity index (χ1v) is 11.3. The van der Waals surface area contributed by atoms with Gasteiger partial charge >= 0.3 is 23.9 Å². The molecule has 2 heterocycles. The molecule has 2 aromatic heterocycles. The van der Waals surface area contributed by atoms with E-state index >= 15 is 0 Å². The summed E-state index contributed by atoms with van der Waals surface area (Å²) in [7, 11) is 0. The normalized spacial score (nSPS) is 11.0. The lowest BCUT2D eigenvalue weighted by Gasteiger charge is -2.07. The second-order valence-electron chi connectivity index (χ2n) is 8.48. The van der Waals surface area contributed by atoms with E-state index < -0.39 is 23.9 Å². The molecule has 0 spiro atoms. The van der Waals surface area contributed by atoms with Crippen molar-refractivity contribution in [2.24, 2.45) is 0 Å². The van der Waals surface area contributed by atoms with Gasteiger partial charge in [-0.25, -0.2) is 9.59 Å². The minimum atomic E-state index is -1.06. The molecule has 0 aliphatic heterocycles. The lowest BCUT2D eigenvalue weighted by atomic mass is 9.98. The quantitative estimate of drug-likeness (QED) is 0.210. The van der Waals surface area contributed by atoms with Crippen LogP contribution in [0.1, 0.15) is 93.1 Å². The van der Waals surface area contributed by atoms with Crippen molar-refractivity contribution < 1.29 is 39.6 Å². The van der Waals surface area contributed by atoms with Gasteiger partial charge in [0.15, 0.2) is 0 Å². The fourth-order valence-electron chi connectivity index (χ4n) is 4.36. The molecular weight excluding hydrogens is 444 g/mol. The summed E-state index contributed by atoms with van der Waals surface area (Å²) in [5, 5.41) is 36.7. The zero-order valence-corrected chi connectivity index (χ0v) is 19.5. The van der Waals surface area contributed by atoms with Gasteiger partial charge in [-0.15, -0.1) is 0 Å². The van der Waals surface area contributed by atoms with E-state index in [4.69, 9.17) is 10.2 Å². The molecule has 0 atom stereocenters. The molecule has 0 amide bonds. The van der Waals surface area contributed by atoms with Crippen LogP contribution in [0.15, 0.2) is 0 Å². The Balaban J connectivity index is 2.08. The third-order valence-electron chi connectivity index (χ3n) is 6.10. The Labute approximate surface area is 197 Å². The summed E-state index contributed by atoms with van der Waals surface area (Å²) in [6.45, 7) is 3.44. The average molecular weight is 477 g/mol. The van der Waals surface area contributed by atoms with Crippen LogP contribution >= 0.6 is 0 Å². The Morgan fingerprint density at radius 2 is 0.941 bits per heavy atom. The van der Waals surface area contributed by atoms with Crippen molar-refractivity contribution in [3.63, 3.8) is 0 Å². The maximum atomic E-state index is 11.5. The summed E-state index contributed by atoms with van der Waals surface area (Å²) in [6.07, 6.45) is 4.38. The van der Waals surface area contributed by atoms with Crippen LogP contribution in [0.2, 0.25) is 0 Å². The molecule has 0 aliphatic carbocycles. The minimum absolute atomic E-state index is 0.00913. The van der Waals surface area contributed by atoms with Crippen LogP contribution in [-0.4, -0.2) is 54.3 Å². The summed E-state index contributed by atoms with van der Waals surface area (Å²) in [5.74, 6) is -3.90. The third-order valence-corrected chi connectivity index (χ3v) is 6.10. The van der Waals surface area contributed by atoms with Crippen LogP contribution in [0.25, 0.3) is 0 Å². The smallest absolute Gasteiger partial charge is 0.352 e. The zero-order valence-electron chi connectivity index (χ0n) is 19.5. The summed E-state index contributed by atoms with van der Waals surface area (Å²) < 4.78 is 0. The number of carbonyl (C=O) groups is 4. The van der Waals surface area contributed by atoms with Crippen molar-refractivity contribution >= 4 is 23.9 Å². The second kappa shape index (κ2) is 12.1. The molecule has 10 nitrogen and oxygen atoms in total. The maximum Gasteiger partial charge on any atom is 0.352 e. The van der Waals surface area contributed by atoms with Crippen LogP contribution in [0.4, 0.5) is 0 Å². The second-order valence-corrected chi connectivity index (χ2v) is 8.48. The molecule has 10 heteroatoms. The van der Waals surface area contributed by atoms with Crippen molar-refractivity contribution in [1.82, 2.24) is 9.97 Å². The summed E-state index contributed by atoms with van der Waals surface area (Å²) >= 11 is 0. The molecule has 0 bridgehead atoms.